The van der Waals surface area contributed by atoms with Gasteiger partial charge >= 0.3 is 5.97 Å². The lowest BCUT2D eigenvalue weighted by Crippen LogP contribution is -2.41. The number of rotatable bonds is 5. The topological polar surface area (TPSA) is 110 Å². The molecule has 1 aliphatic heterocycles. The first-order valence-corrected chi connectivity index (χ1v) is 7.79. The van der Waals surface area contributed by atoms with Crippen LogP contribution in [0.2, 0.25) is 0 Å². The van der Waals surface area contributed by atoms with Crippen LogP contribution < -0.4 is 9.64 Å². The van der Waals surface area contributed by atoms with Crippen molar-refractivity contribution in [2.45, 2.75) is 12.5 Å². The van der Waals surface area contributed by atoms with Gasteiger partial charge in [0, 0.05) is 18.3 Å². The van der Waals surface area contributed by atoms with E-state index in [1.54, 1.807) is 0 Å². The fraction of sp³-hybridized carbons (Fsp3) is 0.545. The Labute approximate surface area is 116 Å². The molecular weight excluding hydrogens is 286 g/mol. The lowest BCUT2D eigenvalue weighted by molar-refractivity contribution is -0.135. The number of aromatic nitrogens is 2. The second kappa shape index (κ2) is 5.61. The highest BCUT2D eigenvalue weighted by atomic mass is 32.2. The Kier molecular flexibility index (Phi) is 4.07. The number of carboxylic acid groups (broad SMARTS) is 1. The molecule has 1 atom stereocenters. The summed E-state index contributed by atoms with van der Waals surface area (Å²) in [6, 6.07) is 1.11. The third-order valence-electron chi connectivity index (χ3n) is 3.04. The maximum absolute atomic E-state index is 11.5. The van der Waals surface area contributed by atoms with E-state index < -0.39 is 21.8 Å². The average Bonchev–Trinajstić information content (AvgIpc) is 2.76. The monoisotopic (exact) mass is 301 g/mol. The van der Waals surface area contributed by atoms with Crippen LogP contribution in [0.15, 0.2) is 12.3 Å². The van der Waals surface area contributed by atoms with Crippen molar-refractivity contribution in [3.8, 4) is 5.88 Å². The molecule has 0 bridgehead atoms. The molecule has 2 heterocycles. The number of sulfone groups is 1. The van der Waals surface area contributed by atoms with E-state index in [4.69, 9.17) is 9.84 Å². The van der Waals surface area contributed by atoms with Gasteiger partial charge in [-0.2, -0.15) is 4.98 Å². The molecule has 0 aliphatic carbocycles. The molecule has 1 saturated heterocycles. The first kappa shape index (κ1) is 14.5. The van der Waals surface area contributed by atoms with E-state index in [2.05, 4.69) is 9.97 Å². The SMILES string of the molecule is COc1ccnc(N(CC(=O)O)C2CCS(=O)(=O)C2)n1. The zero-order valence-corrected chi connectivity index (χ0v) is 11.7. The lowest BCUT2D eigenvalue weighted by atomic mass is 10.2. The largest absolute Gasteiger partial charge is 0.481 e. The van der Waals surface area contributed by atoms with Crippen molar-refractivity contribution in [2.24, 2.45) is 0 Å². The number of anilines is 1. The van der Waals surface area contributed by atoms with E-state index in [1.807, 2.05) is 0 Å². The van der Waals surface area contributed by atoms with Gasteiger partial charge in [-0.05, 0) is 6.42 Å². The van der Waals surface area contributed by atoms with E-state index in [0.29, 0.717) is 12.3 Å². The van der Waals surface area contributed by atoms with E-state index in [1.165, 1.54) is 24.3 Å². The summed E-state index contributed by atoms with van der Waals surface area (Å²) in [6.45, 7) is -0.354. The van der Waals surface area contributed by atoms with Crippen molar-refractivity contribution < 1.29 is 23.1 Å². The summed E-state index contributed by atoms with van der Waals surface area (Å²) in [5.41, 5.74) is 0. The summed E-state index contributed by atoms with van der Waals surface area (Å²) in [6.07, 6.45) is 1.82. The zero-order chi connectivity index (χ0) is 14.8. The molecule has 1 unspecified atom stereocenters. The summed E-state index contributed by atoms with van der Waals surface area (Å²) in [5.74, 6) is -0.640. The van der Waals surface area contributed by atoms with Gasteiger partial charge in [0.25, 0.3) is 0 Å². The molecular formula is C11H15N3O5S. The number of carboxylic acids is 1. The van der Waals surface area contributed by atoms with Crippen molar-refractivity contribution in [2.75, 3.05) is 30.1 Å². The third-order valence-corrected chi connectivity index (χ3v) is 4.79. The van der Waals surface area contributed by atoms with Gasteiger partial charge in [-0.15, -0.1) is 0 Å². The van der Waals surface area contributed by atoms with E-state index in [-0.39, 0.29) is 24.0 Å². The predicted molar refractivity (Wildman–Crippen MR) is 70.6 cm³/mol. The van der Waals surface area contributed by atoms with Crippen LogP contribution in [0.4, 0.5) is 5.95 Å². The smallest absolute Gasteiger partial charge is 0.323 e. The molecule has 1 fully saturated rings. The molecule has 2 rings (SSSR count). The average molecular weight is 301 g/mol. The summed E-state index contributed by atoms with van der Waals surface area (Å²) < 4.78 is 28.1. The van der Waals surface area contributed by atoms with Crippen LogP contribution in [0.3, 0.4) is 0 Å². The standard InChI is InChI=1S/C11H15N3O5S/c1-19-9-2-4-12-11(13-9)14(6-10(15)16)8-3-5-20(17,18)7-8/h2,4,8H,3,5-7H2,1H3,(H,15,16). The molecule has 1 aromatic heterocycles. The van der Waals surface area contributed by atoms with Gasteiger partial charge in [-0.25, -0.2) is 13.4 Å². The second-order valence-electron chi connectivity index (χ2n) is 4.48. The number of methoxy groups -OCH3 is 1. The predicted octanol–water partition coefficient (Wildman–Crippen LogP) is -0.437. The fourth-order valence-electron chi connectivity index (χ4n) is 2.11. The minimum Gasteiger partial charge on any atom is -0.481 e. The highest BCUT2D eigenvalue weighted by Crippen LogP contribution is 2.22. The van der Waals surface area contributed by atoms with Gasteiger partial charge in [0.1, 0.15) is 6.54 Å². The van der Waals surface area contributed by atoms with E-state index in [0.717, 1.165) is 0 Å². The van der Waals surface area contributed by atoms with Crippen LogP contribution in [0.1, 0.15) is 6.42 Å². The molecule has 0 amide bonds. The Morgan fingerprint density at radius 3 is 2.90 bits per heavy atom. The van der Waals surface area contributed by atoms with Crippen LogP contribution in [0, 0.1) is 0 Å². The first-order chi connectivity index (χ1) is 9.41. The van der Waals surface area contributed by atoms with Crippen molar-refractivity contribution in [1.82, 2.24) is 9.97 Å². The number of hydrogen-bond donors (Lipinski definition) is 1. The number of ether oxygens (including phenoxy) is 1. The number of hydrogen-bond acceptors (Lipinski definition) is 7. The molecule has 9 heteroatoms. The Balaban J connectivity index is 2.29. The Morgan fingerprint density at radius 2 is 2.35 bits per heavy atom. The molecule has 8 nitrogen and oxygen atoms in total. The summed E-state index contributed by atoms with van der Waals surface area (Å²) in [7, 11) is -1.68. The van der Waals surface area contributed by atoms with Gasteiger partial charge in [-0.3, -0.25) is 4.79 Å². The van der Waals surface area contributed by atoms with Gasteiger partial charge < -0.3 is 14.7 Å². The molecule has 0 radical (unpaired) electrons. The third kappa shape index (κ3) is 3.35. The fourth-order valence-corrected chi connectivity index (χ4v) is 3.85. The Morgan fingerprint density at radius 1 is 1.60 bits per heavy atom. The lowest BCUT2D eigenvalue weighted by Gasteiger charge is -2.26. The second-order valence-corrected chi connectivity index (χ2v) is 6.71. The van der Waals surface area contributed by atoms with Crippen LogP contribution in [0.5, 0.6) is 5.88 Å². The van der Waals surface area contributed by atoms with Crippen molar-refractivity contribution in [1.29, 1.82) is 0 Å². The molecule has 110 valence electrons. The molecule has 1 aliphatic rings. The Bertz CT molecular complexity index is 604. The van der Waals surface area contributed by atoms with E-state index in [9.17, 15) is 13.2 Å². The maximum atomic E-state index is 11.5. The highest BCUT2D eigenvalue weighted by molar-refractivity contribution is 7.91. The van der Waals surface area contributed by atoms with Gasteiger partial charge in [-0.1, -0.05) is 0 Å². The number of aliphatic carboxylic acids is 1. The zero-order valence-electron chi connectivity index (χ0n) is 10.9. The summed E-state index contributed by atoms with van der Waals surface area (Å²) >= 11 is 0. The van der Waals surface area contributed by atoms with Crippen LogP contribution >= 0.6 is 0 Å². The van der Waals surface area contributed by atoms with Gasteiger partial charge in [0.2, 0.25) is 11.8 Å². The molecule has 0 saturated carbocycles. The van der Waals surface area contributed by atoms with Crippen molar-refractivity contribution in [3.05, 3.63) is 12.3 Å². The summed E-state index contributed by atoms with van der Waals surface area (Å²) in [4.78, 5) is 20.5. The quantitative estimate of drug-likeness (QED) is 0.779. The molecule has 20 heavy (non-hydrogen) atoms. The van der Waals surface area contributed by atoms with E-state index >= 15 is 0 Å². The van der Waals surface area contributed by atoms with Crippen molar-refractivity contribution >= 4 is 21.8 Å². The molecule has 0 aromatic carbocycles. The maximum Gasteiger partial charge on any atom is 0.323 e. The van der Waals surface area contributed by atoms with Crippen LogP contribution in [-0.2, 0) is 14.6 Å². The Hall–Kier alpha value is -1.90. The van der Waals surface area contributed by atoms with Gasteiger partial charge in [0.05, 0.1) is 18.6 Å². The number of carbonyl (C=O) groups is 1. The normalized spacial score (nSPS) is 20.6. The van der Waals surface area contributed by atoms with Crippen LogP contribution in [0.25, 0.3) is 0 Å². The van der Waals surface area contributed by atoms with Gasteiger partial charge in [0.15, 0.2) is 9.84 Å². The minimum atomic E-state index is -3.12. The highest BCUT2D eigenvalue weighted by Gasteiger charge is 2.34. The molecule has 0 spiro atoms. The first-order valence-electron chi connectivity index (χ1n) is 5.97. The number of nitrogens with zero attached hydrogens (tertiary/aromatic N) is 3. The van der Waals surface area contributed by atoms with Crippen LogP contribution in [-0.4, -0.2) is 60.7 Å². The summed E-state index contributed by atoms with van der Waals surface area (Å²) in [5, 5.41) is 8.98. The molecule has 1 aromatic rings. The minimum absolute atomic E-state index is 0.0533. The molecule has 1 N–H and O–H groups in total. The van der Waals surface area contributed by atoms with Crippen molar-refractivity contribution in [3.63, 3.8) is 0 Å².